The molecule has 0 saturated heterocycles. The fraction of sp³-hybridized carbons (Fsp3) is 0.263. The molecule has 174 valence electrons. The summed E-state index contributed by atoms with van der Waals surface area (Å²) in [6, 6.07) is 5.55. The standard InChI is InChI=1S/C19H17F5N2O5S/c1-11(18(28)26-13-4-2-12(3-5-13)19(22,23)24)31-17(27)8-9-25-32(29,30)14-6-7-15(20)16(21)10-14/h2-7,10-11,25H,8-9H2,1H3,(H,26,28). The minimum Gasteiger partial charge on any atom is -0.452 e. The van der Waals surface area contributed by atoms with Crippen LogP contribution in [-0.4, -0.2) is 32.9 Å². The summed E-state index contributed by atoms with van der Waals surface area (Å²) >= 11 is 0. The first kappa shape index (κ1) is 25.2. The number of rotatable bonds is 8. The van der Waals surface area contributed by atoms with Gasteiger partial charge in [-0.2, -0.15) is 13.2 Å². The summed E-state index contributed by atoms with van der Waals surface area (Å²) in [4.78, 5) is 23.3. The molecule has 2 N–H and O–H groups in total. The Morgan fingerprint density at radius 3 is 2.22 bits per heavy atom. The van der Waals surface area contributed by atoms with Crippen molar-refractivity contribution in [3.8, 4) is 0 Å². The molecular weight excluding hydrogens is 463 g/mol. The maximum absolute atomic E-state index is 13.2. The Morgan fingerprint density at radius 2 is 1.66 bits per heavy atom. The molecule has 0 spiro atoms. The van der Waals surface area contributed by atoms with E-state index in [0.717, 1.165) is 30.3 Å². The molecule has 2 aromatic carbocycles. The number of carbonyl (C=O) groups excluding carboxylic acids is 2. The van der Waals surface area contributed by atoms with Crippen LogP contribution in [0, 0.1) is 11.6 Å². The van der Waals surface area contributed by atoms with Crippen molar-refractivity contribution in [3.63, 3.8) is 0 Å². The van der Waals surface area contributed by atoms with E-state index >= 15 is 0 Å². The molecule has 1 unspecified atom stereocenters. The lowest BCUT2D eigenvalue weighted by atomic mass is 10.2. The Hall–Kier alpha value is -3.06. The quantitative estimate of drug-likeness (QED) is 0.446. The zero-order valence-corrected chi connectivity index (χ0v) is 17.2. The van der Waals surface area contributed by atoms with Crippen LogP contribution in [0.15, 0.2) is 47.4 Å². The van der Waals surface area contributed by atoms with Crippen molar-refractivity contribution in [2.24, 2.45) is 0 Å². The molecule has 0 aliphatic rings. The predicted octanol–water partition coefficient (Wildman–Crippen LogP) is 3.22. The van der Waals surface area contributed by atoms with Crippen molar-refractivity contribution in [2.45, 2.75) is 30.5 Å². The van der Waals surface area contributed by atoms with E-state index in [1.165, 1.54) is 6.92 Å². The van der Waals surface area contributed by atoms with Crippen LogP contribution >= 0.6 is 0 Å². The molecule has 13 heteroatoms. The van der Waals surface area contributed by atoms with Gasteiger partial charge in [0.15, 0.2) is 17.7 Å². The maximum atomic E-state index is 13.2. The van der Waals surface area contributed by atoms with Crippen LogP contribution in [0.5, 0.6) is 0 Å². The summed E-state index contributed by atoms with van der Waals surface area (Å²) in [5.74, 6) is -4.36. The molecule has 0 aliphatic carbocycles. The average Bonchev–Trinajstić information content (AvgIpc) is 2.69. The third-order valence-corrected chi connectivity index (χ3v) is 5.44. The van der Waals surface area contributed by atoms with Crippen LogP contribution in [0.25, 0.3) is 0 Å². The number of anilines is 1. The molecule has 32 heavy (non-hydrogen) atoms. The Morgan fingerprint density at radius 1 is 1.03 bits per heavy atom. The minimum absolute atomic E-state index is 0.0465. The van der Waals surface area contributed by atoms with Gasteiger partial charge in [-0.1, -0.05) is 0 Å². The van der Waals surface area contributed by atoms with E-state index in [2.05, 4.69) is 5.32 Å². The first-order valence-corrected chi connectivity index (χ1v) is 10.4. The van der Waals surface area contributed by atoms with Crippen molar-refractivity contribution in [1.82, 2.24) is 4.72 Å². The highest BCUT2D eigenvalue weighted by molar-refractivity contribution is 7.89. The van der Waals surface area contributed by atoms with Gasteiger partial charge in [-0.05, 0) is 49.4 Å². The highest BCUT2D eigenvalue weighted by Crippen LogP contribution is 2.29. The molecule has 0 aromatic heterocycles. The van der Waals surface area contributed by atoms with Gasteiger partial charge in [0.25, 0.3) is 5.91 Å². The van der Waals surface area contributed by atoms with Gasteiger partial charge in [-0.15, -0.1) is 0 Å². The van der Waals surface area contributed by atoms with E-state index in [9.17, 15) is 40.0 Å². The number of ether oxygens (including phenoxy) is 1. The SMILES string of the molecule is CC(OC(=O)CCNS(=O)(=O)c1ccc(F)c(F)c1)C(=O)Nc1ccc(C(F)(F)F)cc1. The third kappa shape index (κ3) is 6.99. The number of hydrogen-bond donors (Lipinski definition) is 2. The van der Waals surface area contributed by atoms with E-state index in [4.69, 9.17) is 4.74 Å². The number of carbonyl (C=O) groups is 2. The topological polar surface area (TPSA) is 102 Å². The summed E-state index contributed by atoms with van der Waals surface area (Å²) in [6.07, 6.45) is -6.34. The van der Waals surface area contributed by atoms with E-state index in [1.807, 2.05) is 4.72 Å². The molecule has 0 radical (unpaired) electrons. The van der Waals surface area contributed by atoms with Gasteiger partial charge >= 0.3 is 12.1 Å². The molecule has 1 amide bonds. The fourth-order valence-corrected chi connectivity index (χ4v) is 3.35. The van der Waals surface area contributed by atoms with Crippen LogP contribution in [-0.2, 0) is 30.5 Å². The highest BCUT2D eigenvalue weighted by Gasteiger charge is 2.30. The fourth-order valence-electron chi connectivity index (χ4n) is 2.31. The Kier molecular flexibility index (Phi) is 7.91. The Labute approximate surface area is 179 Å². The molecule has 0 fully saturated rings. The maximum Gasteiger partial charge on any atom is 0.416 e. The van der Waals surface area contributed by atoms with Gasteiger partial charge in [0.05, 0.1) is 16.9 Å². The summed E-state index contributed by atoms with van der Waals surface area (Å²) in [5, 5.41) is 2.28. The summed E-state index contributed by atoms with van der Waals surface area (Å²) in [7, 11) is -4.22. The molecule has 2 aromatic rings. The van der Waals surface area contributed by atoms with E-state index in [0.29, 0.717) is 12.1 Å². The van der Waals surface area contributed by atoms with Crippen LogP contribution in [0.2, 0.25) is 0 Å². The van der Waals surface area contributed by atoms with E-state index in [1.54, 1.807) is 0 Å². The van der Waals surface area contributed by atoms with Crippen molar-refractivity contribution in [3.05, 3.63) is 59.7 Å². The number of amides is 1. The van der Waals surface area contributed by atoms with Gasteiger partial charge in [-0.25, -0.2) is 21.9 Å². The van der Waals surface area contributed by atoms with Gasteiger partial charge in [0, 0.05) is 12.2 Å². The van der Waals surface area contributed by atoms with Crippen LogP contribution in [0.3, 0.4) is 0 Å². The molecule has 0 heterocycles. The largest absolute Gasteiger partial charge is 0.452 e. The zero-order chi connectivity index (χ0) is 24.1. The first-order valence-electron chi connectivity index (χ1n) is 8.92. The van der Waals surface area contributed by atoms with Crippen LogP contribution < -0.4 is 10.0 Å². The molecule has 0 saturated carbocycles. The highest BCUT2D eigenvalue weighted by atomic mass is 32.2. The number of benzene rings is 2. The van der Waals surface area contributed by atoms with Gasteiger partial charge in [0.1, 0.15) is 0 Å². The number of hydrogen-bond acceptors (Lipinski definition) is 5. The third-order valence-electron chi connectivity index (χ3n) is 3.98. The second-order valence-electron chi connectivity index (χ2n) is 6.42. The zero-order valence-electron chi connectivity index (χ0n) is 16.4. The first-order chi connectivity index (χ1) is 14.8. The summed E-state index contributed by atoms with van der Waals surface area (Å²) < 4.78 is 94.6. The second kappa shape index (κ2) is 10.0. The predicted molar refractivity (Wildman–Crippen MR) is 102 cm³/mol. The molecule has 0 aliphatic heterocycles. The van der Waals surface area contributed by atoms with Gasteiger partial charge < -0.3 is 10.1 Å². The monoisotopic (exact) mass is 480 g/mol. The molecule has 2 rings (SSSR count). The van der Waals surface area contributed by atoms with Crippen LogP contribution in [0.4, 0.5) is 27.6 Å². The van der Waals surface area contributed by atoms with E-state index < -0.39 is 69.2 Å². The molecular formula is C19H17F5N2O5S. The van der Waals surface area contributed by atoms with Crippen molar-refractivity contribution in [1.29, 1.82) is 0 Å². The number of alkyl halides is 3. The summed E-state index contributed by atoms with van der Waals surface area (Å²) in [6.45, 7) is 0.760. The van der Waals surface area contributed by atoms with Crippen molar-refractivity contribution in [2.75, 3.05) is 11.9 Å². The smallest absolute Gasteiger partial charge is 0.416 e. The lowest BCUT2D eigenvalue weighted by Crippen LogP contribution is -2.32. The number of halogens is 5. The molecule has 1 atom stereocenters. The van der Waals surface area contributed by atoms with E-state index in [-0.39, 0.29) is 5.69 Å². The molecule has 0 bridgehead atoms. The van der Waals surface area contributed by atoms with Gasteiger partial charge in [-0.3, -0.25) is 9.59 Å². The van der Waals surface area contributed by atoms with Crippen LogP contribution in [0.1, 0.15) is 18.9 Å². The normalized spacial score (nSPS) is 12.8. The van der Waals surface area contributed by atoms with Crippen molar-refractivity contribution < 1.29 is 44.7 Å². The number of sulfonamides is 1. The number of nitrogens with one attached hydrogen (secondary N) is 2. The summed E-state index contributed by atoms with van der Waals surface area (Å²) in [5.41, 5.74) is -0.856. The van der Waals surface area contributed by atoms with Crippen molar-refractivity contribution >= 4 is 27.6 Å². The average molecular weight is 480 g/mol. The lowest BCUT2D eigenvalue weighted by molar-refractivity contribution is -0.153. The Balaban J connectivity index is 1.83. The van der Waals surface area contributed by atoms with Gasteiger partial charge in [0.2, 0.25) is 10.0 Å². The second-order valence-corrected chi connectivity index (χ2v) is 8.19. The Bertz CT molecular complexity index is 1090. The lowest BCUT2D eigenvalue weighted by Gasteiger charge is -2.14. The number of esters is 1. The minimum atomic E-state index is -4.53. The molecule has 7 nitrogen and oxygen atoms in total.